The SMILES string of the molecule is COc1cc(OC)nc(N(C)Cc2ccccc2F)n1. The second-order valence-corrected chi connectivity index (χ2v) is 4.20. The zero-order valence-corrected chi connectivity index (χ0v) is 11.6. The van der Waals surface area contributed by atoms with E-state index in [9.17, 15) is 4.39 Å². The maximum Gasteiger partial charge on any atom is 0.232 e. The van der Waals surface area contributed by atoms with Crippen molar-refractivity contribution in [1.82, 2.24) is 9.97 Å². The number of halogens is 1. The van der Waals surface area contributed by atoms with Crippen molar-refractivity contribution in [1.29, 1.82) is 0 Å². The van der Waals surface area contributed by atoms with Crippen molar-refractivity contribution in [2.45, 2.75) is 6.54 Å². The molecule has 106 valence electrons. The van der Waals surface area contributed by atoms with Crippen LogP contribution in [0.2, 0.25) is 0 Å². The van der Waals surface area contributed by atoms with Gasteiger partial charge in [-0.15, -0.1) is 0 Å². The summed E-state index contributed by atoms with van der Waals surface area (Å²) < 4.78 is 23.8. The van der Waals surface area contributed by atoms with E-state index in [0.29, 0.717) is 29.8 Å². The molecule has 0 fully saturated rings. The molecule has 5 nitrogen and oxygen atoms in total. The van der Waals surface area contributed by atoms with E-state index < -0.39 is 0 Å². The van der Waals surface area contributed by atoms with Crippen LogP contribution in [0.1, 0.15) is 5.56 Å². The summed E-state index contributed by atoms with van der Waals surface area (Å²) in [4.78, 5) is 10.2. The zero-order valence-electron chi connectivity index (χ0n) is 11.6. The molecule has 0 saturated heterocycles. The van der Waals surface area contributed by atoms with E-state index in [1.54, 1.807) is 36.2 Å². The molecule has 0 N–H and O–H groups in total. The average Bonchev–Trinajstić information content (AvgIpc) is 2.48. The molecule has 0 amide bonds. The molecule has 0 unspecified atom stereocenters. The molecule has 1 heterocycles. The molecule has 1 aromatic heterocycles. The molecule has 0 aliphatic carbocycles. The lowest BCUT2D eigenvalue weighted by Crippen LogP contribution is -2.20. The molecule has 0 spiro atoms. The number of hydrogen-bond donors (Lipinski definition) is 0. The number of methoxy groups -OCH3 is 2. The van der Waals surface area contributed by atoms with Crippen molar-refractivity contribution in [3.63, 3.8) is 0 Å². The molecule has 0 aliphatic heterocycles. The van der Waals surface area contributed by atoms with Gasteiger partial charge in [0.15, 0.2) is 0 Å². The van der Waals surface area contributed by atoms with Crippen LogP contribution in [0.3, 0.4) is 0 Å². The minimum absolute atomic E-state index is 0.255. The lowest BCUT2D eigenvalue weighted by atomic mass is 10.2. The van der Waals surface area contributed by atoms with Crippen LogP contribution in [0, 0.1) is 5.82 Å². The fourth-order valence-corrected chi connectivity index (χ4v) is 1.72. The largest absolute Gasteiger partial charge is 0.481 e. The number of nitrogens with zero attached hydrogens (tertiary/aromatic N) is 3. The van der Waals surface area contributed by atoms with Crippen molar-refractivity contribution in [3.05, 3.63) is 41.7 Å². The van der Waals surface area contributed by atoms with Crippen molar-refractivity contribution in [2.75, 3.05) is 26.2 Å². The van der Waals surface area contributed by atoms with Crippen LogP contribution in [0.5, 0.6) is 11.8 Å². The van der Waals surface area contributed by atoms with Crippen molar-refractivity contribution >= 4 is 5.95 Å². The van der Waals surface area contributed by atoms with Crippen molar-refractivity contribution in [2.24, 2.45) is 0 Å². The van der Waals surface area contributed by atoms with Crippen molar-refractivity contribution < 1.29 is 13.9 Å². The lowest BCUT2D eigenvalue weighted by Gasteiger charge is -2.18. The number of hydrogen-bond acceptors (Lipinski definition) is 5. The molecular formula is C14H16FN3O2. The van der Waals surface area contributed by atoms with Crippen LogP contribution < -0.4 is 14.4 Å². The third-order valence-electron chi connectivity index (χ3n) is 2.79. The number of anilines is 1. The summed E-state index contributed by atoms with van der Waals surface area (Å²) >= 11 is 0. The molecule has 2 rings (SSSR count). The Morgan fingerprint density at radius 2 is 1.70 bits per heavy atom. The van der Waals surface area contributed by atoms with Crippen molar-refractivity contribution in [3.8, 4) is 11.8 Å². The summed E-state index contributed by atoms with van der Waals surface area (Å²) in [6.07, 6.45) is 0. The van der Waals surface area contributed by atoms with Gasteiger partial charge in [0.05, 0.1) is 20.3 Å². The van der Waals surface area contributed by atoms with Gasteiger partial charge in [0, 0.05) is 19.2 Å². The third-order valence-corrected chi connectivity index (χ3v) is 2.79. The third kappa shape index (κ3) is 3.14. The van der Waals surface area contributed by atoms with Crippen LogP contribution in [-0.4, -0.2) is 31.2 Å². The highest BCUT2D eigenvalue weighted by Gasteiger charge is 2.12. The van der Waals surface area contributed by atoms with Gasteiger partial charge in [-0.3, -0.25) is 0 Å². The second-order valence-electron chi connectivity index (χ2n) is 4.20. The first kappa shape index (κ1) is 14.0. The molecule has 1 aromatic carbocycles. The van der Waals surface area contributed by atoms with Crippen LogP contribution in [0.4, 0.5) is 10.3 Å². The topological polar surface area (TPSA) is 47.5 Å². The van der Waals surface area contributed by atoms with E-state index in [1.807, 2.05) is 0 Å². The maximum atomic E-state index is 13.6. The summed E-state index contributed by atoms with van der Waals surface area (Å²) in [6, 6.07) is 8.18. The summed E-state index contributed by atoms with van der Waals surface area (Å²) in [5.41, 5.74) is 0.570. The van der Waals surface area contributed by atoms with Crippen LogP contribution in [-0.2, 0) is 6.54 Å². The first-order chi connectivity index (χ1) is 9.63. The highest BCUT2D eigenvalue weighted by molar-refractivity contribution is 5.37. The number of rotatable bonds is 5. The Labute approximate surface area is 117 Å². The zero-order chi connectivity index (χ0) is 14.5. The fraction of sp³-hybridized carbons (Fsp3) is 0.286. The molecule has 0 bridgehead atoms. The monoisotopic (exact) mass is 277 g/mol. The van der Waals surface area contributed by atoms with Gasteiger partial charge in [0.2, 0.25) is 17.7 Å². The van der Waals surface area contributed by atoms with Gasteiger partial charge in [0.25, 0.3) is 0 Å². The fourth-order valence-electron chi connectivity index (χ4n) is 1.72. The quantitative estimate of drug-likeness (QED) is 0.839. The molecule has 2 aromatic rings. The van der Waals surface area contributed by atoms with Gasteiger partial charge < -0.3 is 14.4 Å². The van der Waals surface area contributed by atoms with Gasteiger partial charge in [0.1, 0.15) is 5.82 Å². The molecule has 20 heavy (non-hydrogen) atoms. The maximum absolute atomic E-state index is 13.6. The highest BCUT2D eigenvalue weighted by Crippen LogP contribution is 2.21. The number of aromatic nitrogens is 2. The van der Waals surface area contributed by atoms with Gasteiger partial charge >= 0.3 is 0 Å². The summed E-state index contributed by atoms with van der Waals surface area (Å²) in [5.74, 6) is 0.943. The van der Waals surface area contributed by atoms with Crippen LogP contribution in [0.25, 0.3) is 0 Å². The van der Waals surface area contributed by atoms with Gasteiger partial charge in [-0.25, -0.2) is 4.39 Å². The Morgan fingerprint density at radius 3 is 2.25 bits per heavy atom. The smallest absolute Gasteiger partial charge is 0.232 e. The number of benzene rings is 1. The molecule has 0 atom stereocenters. The number of ether oxygens (including phenoxy) is 2. The Hall–Kier alpha value is -2.37. The van der Waals surface area contributed by atoms with E-state index in [-0.39, 0.29) is 5.82 Å². The predicted octanol–water partition coefficient (Wildman–Crippen LogP) is 2.27. The molecule has 0 radical (unpaired) electrons. The summed E-state index contributed by atoms with van der Waals surface area (Å²) in [6.45, 7) is 0.350. The van der Waals surface area contributed by atoms with Gasteiger partial charge in [-0.05, 0) is 6.07 Å². The summed E-state index contributed by atoms with van der Waals surface area (Å²) in [5, 5.41) is 0. The van der Waals surface area contributed by atoms with E-state index >= 15 is 0 Å². The average molecular weight is 277 g/mol. The van der Waals surface area contributed by atoms with E-state index in [1.165, 1.54) is 20.3 Å². The van der Waals surface area contributed by atoms with Gasteiger partial charge in [-0.1, -0.05) is 18.2 Å². The normalized spacial score (nSPS) is 10.2. The molecule has 0 aliphatic rings. The first-order valence-electron chi connectivity index (χ1n) is 6.05. The molecular weight excluding hydrogens is 261 g/mol. The summed E-state index contributed by atoms with van der Waals surface area (Å²) in [7, 11) is 4.81. The standard InChI is InChI=1S/C14H16FN3O2/c1-18(9-10-6-4-5-7-11(10)15)14-16-12(19-2)8-13(17-14)20-3/h4-8H,9H2,1-3H3. The lowest BCUT2D eigenvalue weighted by molar-refractivity contribution is 0.371. The highest BCUT2D eigenvalue weighted by atomic mass is 19.1. The van der Waals surface area contributed by atoms with E-state index in [0.717, 1.165) is 0 Å². The van der Waals surface area contributed by atoms with Gasteiger partial charge in [-0.2, -0.15) is 9.97 Å². The first-order valence-corrected chi connectivity index (χ1v) is 6.05. The van der Waals surface area contributed by atoms with Crippen LogP contribution in [0.15, 0.2) is 30.3 Å². The Balaban J connectivity index is 2.24. The Bertz CT molecular complexity index is 570. The Kier molecular flexibility index (Phi) is 4.34. The van der Waals surface area contributed by atoms with Crippen LogP contribution >= 0.6 is 0 Å². The Morgan fingerprint density at radius 1 is 1.10 bits per heavy atom. The second kappa shape index (κ2) is 6.18. The minimum atomic E-state index is -0.255. The predicted molar refractivity (Wildman–Crippen MR) is 73.6 cm³/mol. The van der Waals surface area contributed by atoms with E-state index in [2.05, 4.69) is 9.97 Å². The minimum Gasteiger partial charge on any atom is -0.481 e. The van der Waals surface area contributed by atoms with E-state index in [4.69, 9.17) is 9.47 Å². The molecule has 0 saturated carbocycles. The molecule has 6 heteroatoms.